The van der Waals surface area contributed by atoms with E-state index >= 15 is 0 Å². The Labute approximate surface area is 415 Å². The van der Waals surface area contributed by atoms with E-state index in [1.165, 1.54) is 0 Å². The molecule has 0 aliphatic rings. The molecule has 25 heteroatoms. The molecule has 336 valence electrons. The molecule has 0 amide bonds. The number of rotatable bonds is 8. The molecule has 65 heavy (non-hydrogen) atoms. The standard InChI is InChI=1S/2C19H13Br2N3.2CHF3O3S.Zn/c2*20-14-4-8-16(9-5-14)22-12-18-2-1-3-19(24-18)13-23-17-10-6-15(21)7-11-17;2*2-1(3,4)8(5,6)7;/h2*1-13H;2*(H,5,6,7);/q;;;;+2/p-2. The van der Waals surface area contributed by atoms with Gasteiger partial charge in [-0.05, 0) is 121 Å². The molecular formula is C40H26Br4F6N6O6S2Zn. The van der Waals surface area contributed by atoms with Gasteiger partial charge in [0.05, 0.1) is 70.4 Å². The third kappa shape index (κ3) is 22.7. The number of hydrogen-bond donors (Lipinski definition) is 0. The smallest absolute Gasteiger partial charge is 0.741 e. The first-order valence-corrected chi connectivity index (χ1v) is 23.0. The van der Waals surface area contributed by atoms with Gasteiger partial charge in [-0.25, -0.2) is 26.8 Å². The van der Waals surface area contributed by atoms with Crippen LogP contribution in [0.15, 0.2) is 171 Å². The van der Waals surface area contributed by atoms with E-state index in [0.717, 1.165) is 63.4 Å². The number of nitrogens with zero attached hydrogens (tertiary/aromatic N) is 6. The molecule has 0 N–H and O–H groups in total. The Morgan fingerprint density at radius 3 is 0.723 bits per heavy atom. The molecular weight excluding hydrogens is 1220 g/mol. The molecule has 0 atom stereocenters. The number of pyridine rings is 2. The van der Waals surface area contributed by atoms with Gasteiger partial charge in [0.1, 0.15) is 0 Å². The predicted octanol–water partition coefficient (Wildman–Crippen LogP) is 12.3. The molecule has 2 heterocycles. The Morgan fingerprint density at radius 1 is 0.400 bits per heavy atom. The van der Waals surface area contributed by atoms with Crippen LogP contribution in [0.25, 0.3) is 0 Å². The zero-order valence-corrected chi connectivity index (χ0v) is 43.4. The zero-order valence-electron chi connectivity index (χ0n) is 32.4. The van der Waals surface area contributed by atoms with Crippen LogP contribution in [0.3, 0.4) is 0 Å². The summed E-state index contributed by atoms with van der Waals surface area (Å²) in [7, 11) is -12.2. The van der Waals surface area contributed by atoms with Gasteiger partial charge in [0, 0.05) is 17.9 Å². The van der Waals surface area contributed by atoms with Crippen molar-refractivity contribution in [1.82, 2.24) is 9.97 Å². The van der Waals surface area contributed by atoms with E-state index in [2.05, 4.69) is 93.7 Å². The second-order valence-corrected chi connectivity index (χ2v) is 18.1. The van der Waals surface area contributed by atoms with Gasteiger partial charge in [-0.2, -0.15) is 26.3 Å². The second kappa shape index (κ2) is 26.8. The molecule has 0 saturated carbocycles. The van der Waals surface area contributed by atoms with E-state index in [1.807, 2.05) is 133 Å². The van der Waals surface area contributed by atoms with Crippen molar-refractivity contribution < 1.29 is 71.8 Å². The number of aliphatic imine (C=N–C) groups is 4. The first-order chi connectivity index (χ1) is 29.9. The quantitative estimate of drug-likeness (QED) is 0.0473. The maximum Gasteiger partial charge on any atom is 2.00 e. The first kappa shape index (κ1) is 56.9. The van der Waals surface area contributed by atoms with E-state index in [-0.39, 0.29) is 19.5 Å². The van der Waals surface area contributed by atoms with E-state index in [9.17, 15) is 26.3 Å². The van der Waals surface area contributed by atoms with Gasteiger partial charge in [0.2, 0.25) is 0 Å². The SMILES string of the molecule is Brc1ccc(N=Cc2cccc(C=Nc3ccc(Br)cc3)n2)cc1.Brc1ccc(N=Cc2cccc(C=Nc3ccc(Br)cc3)n2)cc1.O=S(=O)([O-])C(F)(F)F.O=S(=O)([O-])C(F)(F)F.[Zn+2]. The van der Waals surface area contributed by atoms with Crippen LogP contribution in [-0.4, -0.2) is 71.8 Å². The average Bonchev–Trinajstić information content (AvgIpc) is 3.22. The van der Waals surface area contributed by atoms with Crippen molar-refractivity contribution in [3.63, 3.8) is 0 Å². The Morgan fingerprint density at radius 2 is 0.569 bits per heavy atom. The van der Waals surface area contributed by atoms with Crippen molar-refractivity contribution in [1.29, 1.82) is 0 Å². The number of alkyl halides is 6. The second-order valence-electron chi connectivity index (χ2n) is 11.7. The van der Waals surface area contributed by atoms with Gasteiger partial charge < -0.3 is 9.11 Å². The topological polar surface area (TPSA) is 190 Å². The average molecular weight is 1250 g/mol. The molecule has 6 aromatic rings. The van der Waals surface area contributed by atoms with Crippen molar-refractivity contribution in [2.75, 3.05) is 0 Å². The van der Waals surface area contributed by atoms with Gasteiger partial charge in [-0.3, -0.25) is 20.0 Å². The summed E-state index contributed by atoms with van der Waals surface area (Å²) in [6.07, 6.45) is 7.00. The molecule has 6 rings (SSSR count). The van der Waals surface area contributed by atoms with Crippen LogP contribution in [0.1, 0.15) is 22.8 Å². The van der Waals surface area contributed by atoms with Crippen LogP contribution in [0.4, 0.5) is 49.1 Å². The van der Waals surface area contributed by atoms with Gasteiger partial charge >= 0.3 is 30.5 Å². The fourth-order valence-electron chi connectivity index (χ4n) is 3.90. The summed E-state index contributed by atoms with van der Waals surface area (Å²) < 4.78 is 122. The van der Waals surface area contributed by atoms with Crippen molar-refractivity contribution in [3.8, 4) is 0 Å². The third-order valence-electron chi connectivity index (χ3n) is 6.84. The van der Waals surface area contributed by atoms with E-state index in [1.54, 1.807) is 24.9 Å². The minimum absolute atomic E-state index is 0. The Hall–Kier alpha value is -4.20. The number of aromatic nitrogens is 2. The van der Waals surface area contributed by atoms with Crippen molar-refractivity contribution >= 4 is 132 Å². The van der Waals surface area contributed by atoms with Crippen molar-refractivity contribution in [2.45, 2.75) is 11.0 Å². The van der Waals surface area contributed by atoms with Gasteiger partial charge in [0.25, 0.3) is 0 Å². The molecule has 0 radical (unpaired) electrons. The largest absolute Gasteiger partial charge is 2.00 e. The summed E-state index contributed by atoms with van der Waals surface area (Å²) in [5, 5.41) is 0. The molecule has 0 aliphatic heterocycles. The molecule has 0 bridgehead atoms. The molecule has 0 spiro atoms. The number of hydrogen-bond acceptors (Lipinski definition) is 12. The van der Waals surface area contributed by atoms with Crippen LogP contribution in [0.5, 0.6) is 0 Å². The van der Waals surface area contributed by atoms with E-state index < -0.39 is 31.3 Å². The Bertz CT molecular complexity index is 2460. The predicted molar refractivity (Wildman–Crippen MR) is 246 cm³/mol. The molecule has 0 unspecified atom stereocenters. The maximum absolute atomic E-state index is 10.7. The Kier molecular flexibility index (Phi) is 23.5. The van der Waals surface area contributed by atoms with Crippen LogP contribution in [0, 0.1) is 0 Å². The van der Waals surface area contributed by atoms with Crippen molar-refractivity contribution in [3.05, 3.63) is 174 Å². The maximum atomic E-state index is 10.7. The zero-order chi connectivity index (χ0) is 47.6. The van der Waals surface area contributed by atoms with Crippen LogP contribution >= 0.6 is 63.7 Å². The normalized spacial score (nSPS) is 11.9. The summed E-state index contributed by atoms with van der Waals surface area (Å²) in [4.78, 5) is 26.8. The molecule has 0 fully saturated rings. The van der Waals surface area contributed by atoms with E-state index in [0.29, 0.717) is 0 Å². The monoisotopic (exact) mass is 1240 g/mol. The van der Waals surface area contributed by atoms with Crippen LogP contribution < -0.4 is 0 Å². The fourth-order valence-corrected chi connectivity index (χ4v) is 4.95. The number of benzene rings is 4. The summed E-state index contributed by atoms with van der Waals surface area (Å²) in [5.41, 5.74) is -4.60. The van der Waals surface area contributed by atoms with Crippen LogP contribution in [-0.2, 0) is 39.7 Å². The molecule has 2 aromatic heterocycles. The van der Waals surface area contributed by atoms with E-state index in [4.69, 9.17) is 25.9 Å². The minimum Gasteiger partial charge on any atom is -0.741 e. The first-order valence-electron chi connectivity index (χ1n) is 17.0. The third-order valence-corrected chi connectivity index (χ3v) is 10.1. The van der Waals surface area contributed by atoms with Crippen molar-refractivity contribution in [2.24, 2.45) is 20.0 Å². The Balaban J connectivity index is 0.000000333. The molecule has 4 aromatic carbocycles. The fraction of sp³-hybridized carbons (Fsp3) is 0.0500. The van der Waals surface area contributed by atoms with Crippen LogP contribution in [0.2, 0.25) is 0 Å². The summed E-state index contributed by atoms with van der Waals surface area (Å²) in [5.74, 6) is 0. The summed E-state index contributed by atoms with van der Waals surface area (Å²) >= 11 is 13.6. The summed E-state index contributed by atoms with van der Waals surface area (Å²) in [6, 6.07) is 42.8. The van der Waals surface area contributed by atoms with Gasteiger partial charge in [0.15, 0.2) is 20.2 Å². The van der Waals surface area contributed by atoms with Gasteiger partial charge in [-0.1, -0.05) is 75.9 Å². The molecule has 12 nitrogen and oxygen atoms in total. The molecule has 0 saturated heterocycles. The van der Waals surface area contributed by atoms with Gasteiger partial charge in [-0.15, -0.1) is 0 Å². The molecule has 0 aliphatic carbocycles. The summed E-state index contributed by atoms with van der Waals surface area (Å²) in [6.45, 7) is 0. The minimum atomic E-state index is -6.09. The number of halogens is 10.